The number of benzene rings is 2. The lowest BCUT2D eigenvalue weighted by Gasteiger charge is -2.05. The Morgan fingerprint density at radius 1 is 1.12 bits per heavy atom. The molecule has 5 nitrogen and oxygen atoms in total. The van der Waals surface area contributed by atoms with Crippen LogP contribution in [0, 0.1) is 6.92 Å². The third-order valence-corrected chi connectivity index (χ3v) is 3.84. The third kappa shape index (κ3) is 5.87. The van der Waals surface area contributed by atoms with Gasteiger partial charge < -0.3 is 15.5 Å². The van der Waals surface area contributed by atoms with E-state index in [0.717, 1.165) is 24.3 Å². The Morgan fingerprint density at radius 3 is 2.58 bits per heavy atom. The number of nitrogens with one attached hydrogen (secondary N) is 1. The highest BCUT2D eigenvalue weighted by molar-refractivity contribution is 14.0. The fraction of sp³-hybridized carbons (Fsp3) is 0.200. The second-order valence-electron chi connectivity index (χ2n) is 5.85. The van der Waals surface area contributed by atoms with Gasteiger partial charge in [0.15, 0.2) is 11.7 Å². The minimum Gasteiger partial charge on any atom is -0.439 e. The third-order valence-electron chi connectivity index (χ3n) is 3.84. The first-order valence-electron chi connectivity index (χ1n) is 8.30. The van der Waals surface area contributed by atoms with Crippen LogP contribution in [0.3, 0.4) is 0 Å². The molecule has 3 N–H and O–H groups in total. The van der Waals surface area contributed by atoms with Gasteiger partial charge in [-0.1, -0.05) is 60.2 Å². The lowest BCUT2D eigenvalue weighted by Crippen LogP contribution is -2.33. The number of rotatable bonds is 6. The number of nitrogens with zero attached hydrogens (tertiary/aromatic N) is 2. The number of aryl methyl sites for hydroxylation is 1. The zero-order chi connectivity index (χ0) is 17.5. The molecule has 3 rings (SSSR count). The van der Waals surface area contributed by atoms with Crippen molar-refractivity contribution >= 4 is 29.9 Å². The van der Waals surface area contributed by atoms with Crippen LogP contribution in [0.15, 0.2) is 70.2 Å². The number of aliphatic imine (C=N–C) groups is 1. The van der Waals surface area contributed by atoms with Gasteiger partial charge in [0.2, 0.25) is 5.89 Å². The Morgan fingerprint density at radius 2 is 1.85 bits per heavy atom. The van der Waals surface area contributed by atoms with Crippen molar-refractivity contribution in [2.24, 2.45) is 10.7 Å². The fourth-order valence-corrected chi connectivity index (χ4v) is 2.42. The van der Waals surface area contributed by atoms with Crippen molar-refractivity contribution in [3.8, 4) is 11.3 Å². The van der Waals surface area contributed by atoms with Gasteiger partial charge in [0, 0.05) is 12.1 Å². The highest BCUT2D eigenvalue weighted by Crippen LogP contribution is 2.20. The fourth-order valence-electron chi connectivity index (χ4n) is 2.42. The largest absolute Gasteiger partial charge is 0.439 e. The van der Waals surface area contributed by atoms with Gasteiger partial charge in [-0.3, -0.25) is 0 Å². The smallest absolute Gasteiger partial charge is 0.216 e. The van der Waals surface area contributed by atoms with E-state index in [0.29, 0.717) is 18.4 Å². The predicted octanol–water partition coefficient (Wildman–Crippen LogP) is 3.92. The number of halogens is 1. The maximum atomic E-state index is 5.89. The Kier molecular flexibility index (Phi) is 7.65. The topological polar surface area (TPSA) is 76.4 Å². The summed E-state index contributed by atoms with van der Waals surface area (Å²) in [7, 11) is 0. The number of hydrogen-bond donors (Lipinski definition) is 2. The summed E-state index contributed by atoms with van der Waals surface area (Å²) in [6, 6.07) is 18.4. The summed E-state index contributed by atoms with van der Waals surface area (Å²) < 4.78 is 5.73. The molecule has 0 saturated carbocycles. The Hall–Kier alpha value is -2.35. The van der Waals surface area contributed by atoms with Crippen molar-refractivity contribution in [2.45, 2.75) is 19.9 Å². The first-order chi connectivity index (χ1) is 12.2. The molecule has 26 heavy (non-hydrogen) atoms. The first kappa shape index (κ1) is 20.0. The van der Waals surface area contributed by atoms with Gasteiger partial charge in [-0.2, -0.15) is 0 Å². The molecule has 0 aliphatic rings. The van der Waals surface area contributed by atoms with E-state index in [4.69, 9.17) is 10.2 Å². The number of hydrogen-bond acceptors (Lipinski definition) is 3. The summed E-state index contributed by atoms with van der Waals surface area (Å²) >= 11 is 0. The number of aromatic nitrogens is 1. The molecule has 0 unspecified atom stereocenters. The Labute approximate surface area is 170 Å². The molecular weight excluding hydrogens is 439 g/mol. The maximum Gasteiger partial charge on any atom is 0.216 e. The summed E-state index contributed by atoms with van der Waals surface area (Å²) in [5.41, 5.74) is 9.36. The zero-order valence-corrected chi connectivity index (χ0v) is 17.0. The molecular formula is C20H23IN4O. The van der Waals surface area contributed by atoms with Gasteiger partial charge in [-0.25, -0.2) is 9.98 Å². The van der Waals surface area contributed by atoms with Gasteiger partial charge in [0.25, 0.3) is 0 Å². The summed E-state index contributed by atoms with van der Waals surface area (Å²) in [6.45, 7) is 3.10. The molecule has 1 aromatic heterocycles. The van der Waals surface area contributed by atoms with E-state index in [1.807, 2.05) is 42.5 Å². The standard InChI is InChI=1S/C20H22N4O.HI/c1-15-7-9-17(10-8-15)18-13-23-19(25-18)14-24-20(21)22-12-11-16-5-3-2-4-6-16;/h2-10,13H,11-12,14H2,1H3,(H3,21,22,24);1H. The molecule has 0 saturated heterocycles. The van der Waals surface area contributed by atoms with Crippen molar-refractivity contribution in [1.29, 1.82) is 0 Å². The van der Waals surface area contributed by atoms with E-state index in [2.05, 4.69) is 34.3 Å². The average Bonchev–Trinajstić information content (AvgIpc) is 3.10. The van der Waals surface area contributed by atoms with Gasteiger partial charge in [0.05, 0.1) is 6.20 Å². The lowest BCUT2D eigenvalue weighted by molar-refractivity contribution is 0.509. The molecule has 0 bridgehead atoms. The monoisotopic (exact) mass is 462 g/mol. The lowest BCUT2D eigenvalue weighted by atomic mass is 10.1. The normalized spacial score (nSPS) is 11.0. The Balaban J connectivity index is 0.00000243. The summed E-state index contributed by atoms with van der Waals surface area (Å²) in [6.07, 6.45) is 2.61. The van der Waals surface area contributed by atoms with Crippen molar-refractivity contribution in [1.82, 2.24) is 10.3 Å². The molecule has 0 atom stereocenters. The second-order valence-corrected chi connectivity index (χ2v) is 5.85. The van der Waals surface area contributed by atoms with E-state index in [-0.39, 0.29) is 24.0 Å². The van der Waals surface area contributed by atoms with Gasteiger partial charge in [-0.15, -0.1) is 24.0 Å². The van der Waals surface area contributed by atoms with E-state index < -0.39 is 0 Å². The molecule has 0 aliphatic carbocycles. The molecule has 1 heterocycles. The van der Waals surface area contributed by atoms with Crippen molar-refractivity contribution in [3.63, 3.8) is 0 Å². The molecule has 0 spiro atoms. The van der Waals surface area contributed by atoms with Crippen LogP contribution < -0.4 is 11.1 Å². The van der Waals surface area contributed by atoms with Crippen LogP contribution >= 0.6 is 24.0 Å². The highest BCUT2D eigenvalue weighted by Gasteiger charge is 2.06. The van der Waals surface area contributed by atoms with Crippen LogP contribution in [0.4, 0.5) is 0 Å². The van der Waals surface area contributed by atoms with E-state index in [1.54, 1.807) is 6.20 Å². The molecule has 3 aromatic rings. The first-order valence-corrected chi connectivity index (χ1v) is 8.30. The number of nitrogens with two attached hydrogens (primary N) is 1. The van der Waals surface area contributed by atoms with Crippen LogP contribution in [0.5, 0.6) is 0 Å². The molecule has 0 fully saturated rings. The van der Waals surface area contributed by atoms with Gasteiger partial charge in [-0.05, 0) is 18.9 Å². The SMILES string of the molecule is Cc1ccc(-c2cnc(CN=C(N)NCCc3ccccc3)o2)cc1.I. The van der Waals surface area contributed by atoms with Gasteiger partial charge in [0.1, 0.15) is 6.54 Å². The summed E-state index contributed by atoms with van der Waals surface area (Å²) in [5.74, 6) is 1.68. The van der Waals surface area contributed by atoms with Crippen molar-refractivity contribution in [2.75, 3.05) is 6.54 Å². The predicted molar refractivity (Wildman–Crippen MR) is 116 cm³/mol. The van der Waals surface area contributed by atoms with Crippen LogP contribution in [0.2, 0.25) is 0 Å². The quantitative estimate of drug-likeness (QED) is 0.331. The van der Waals surface area contributed by atoms with Crippen LogP contribution in [-0.2, 0) is 13.0 Å². The number of guanidine groups is 1. The van der Waals surface area contributed by atoms with Crippen molar-refractivity contribution < 1.29 is 4.42 Å². The highest BCUT2D eigenvalue weighted by atomic mass is 127. The molecule has 0 amide bonds. The minimum atomic E-state index is 0. The average molecular weight is 462 g/mol. The minimum absolute atomic E-state index is 0. The molecule has 6 heteroatoms. The van der Waals surface area contributed by atoms with Crippen LogP contribution in [0.25, 0.3) is 11.3 Å². The maximum absolute atomic E-state index is 5.89. The molecule has 136 valence electrons. The zero-order valence-electron chi connectivity index (χ0n) is 14.7. The molecule has 2 aromatic carbocycles. The van der Waals surface area contributed by atoms with Crippen LogP contribution in [0.1, 0.15) is 17.0 Å². The van der Waals surface area contributed by atoms with E-state index in [9.17, 15) is 0 Å². The second kappa shape index (κ2) is 9.96. The molecule has 0 aliphatic heterocycles. The number of oxazole rings is 1. The van der Waals surface area contributed by atoms with Gasteiger partial charge >= 0.3 is 0 Å². The summed E-state index contributed by atoms with van der Waals surface area (Å²) in [4.78, 5) is 8.53. The van der Waals surface area contributed by atoms with E-state index >= 15 is 0 Å². The van der Waals surface area contributed by atoms with E-state index in [1.165, 1.54) is 11.1 Å². The van der Waals surface area contributed by atoms with Crippen molar-refractivity contribution in [3.05, 3.63) is 77.8 Å². The summed E-state index contributed by atoms with van der Waals surface area (Å²) in [5, 5.41) is 3.10. The Bertz CT molecular complexity index is 829. The van der Waals surface area contributed by atoms with Crippen LogP contribution in [-0.4, -0.2) is 17.5 Å². The molecule has 0 radical (unpaired) electrons.